The second-order valence-corrected chi connectivity index (χ2v) is 13.5. The van der Waals surface area contributed by atoms with Crippen LogP contribution in [0.2, 0.25) is 0 Å². The summed E-state index contributed by atoms with van der Waals surface area (Å²) in [6.07, 6.45) is 18.4. The Morgan fingerprint density at radius 2 is 1.27 bits per heavy atom. The first-order chi connectivity index (χ1) is 17.8. The first-order valence-electron chi connectivity index (χ1n) is 16.3. The van der Waals surface area contributed by atoms with Crippen molar-refractivity contribution in [2.75, 3.05) is 39.3 Å². The van der Waals surface area contributed by atoms with Gasteiger partial charge >= 0.3 is 0 Å². The molecule has 5 nitrogen and oxygen atoms in total. The molecule has 0 saturated heterocycles. The van der Waals surface area contributed by atoms with E-state index in [2.05, 4.69) is 37.9 Å². The third-order valence-electron chi connectivity index (χ3n) is 9.96. The minimum atomic E-state index is -0.657. The van der Waals surface area contributed by atoms with Crippen LogP contribution in [-0.4, -0.2) is 66.6 Å². The van der Waals surface area contributed by atoms with Gasteiger partial charge in [-0.3, -0.25) is 0 Å². The van der Waals surface area contributed by atoms with Gasteiger partial charge in [-0.2, -0.15) is 0 Å². The second-order valence-electron chi connectivity index (χ2n) is 13.5. The Kier molecular flexibility index (Phi) is 16.9. The number of nitrogens with zero attached hydrogens (tertiary/aromatic N) is 1. The Hall–Kier alpha value is -0.200. The summed E-state index contributed by atoms with van der Waals surface area (Å²) in [4.78, 5) is 2.27. The van der Waals surface area contributed by atoms with Crippen LogP contribution in [0.3, 0.4) is 0 Å². The number of nitrogens with one attached hydrogen (secondary N) is 1. The van der Waals surface area contributed by atoms with Gasteiger partial charge in [-0.1, -0.05) is 53.4 Å². The number of aliphatic hydroxyl groups is 2. The highest BCUT2D eigenvalue weighted by atomic mass is 16.3. The molecule has 0 radical (unpaired) electrons. The van der Waals surface area contributed by atoms with Crippen molar-refractivity contribution in [3.63, 3.8) is 0 Å². The lowest BCUT2D eigenvalue weighted by atomic mass is 9.74. The molecule has 1 unspecified atom stereocenters. The zero-order valence-corrected chi connectivity index (χ0v) is 25.2. The van der Waals surface area contributed by atoms with E-state index in [1.807, 2.05) is 0 Å². The zero-order valence-electron chi connectivity index (χ0n) is 25.2. The predicted octanol–water partition coefficient (Wildman–Crippen LogP) is 5.82. The van der Waals surface area contributed by atoms with E-state index < -0.39 is 6.10 Å². The number of hydrogen-bond acceptors (Lipinski definition) is 5. The van der Waals surface area contributed by atoms with Crippen molar-refractivity contribution in [1.29, 1.82) is 0 Å². The van der Waals surface area contributed by atoms with Crippen molar-refractivity contribution in [2.24, 2.45) is 41.2 Å². The van der Waals surface area contributed by atoms with Crippen LogP contribution in [0, 0.1) is 35.5 Å². The Labute approximate surface area is 230 Å². The van der Waals surface area contributed by atoms with Gasteiger partial charge in [0.1, 0.15) is 0 Å². The molecule has 37 heavy (non-hydrogen) atoms. The summed E-state index contributed by atoms with van der Waals surface area (Å²) in [7, 11) is 0. The molecule has 0 aromatic heterocycles. The van der Waals surface area contributed by atoms with Gasteiger partial charge in [0, 0.05) is 12.6 Å². The number of aliphatic hydroxyl groups excluding tert-OH is 2. The van der Waals surface area contributed by atoms with Gasteiger partial charge < -0.3 is 26.2 Å². The first kappa shape index (κ1) is 33.0. The largest absolute Gasteiger partial charge is 0.394 e. The molecule has 0 heterocycles. The molecule has 0 amide bonds. The smallest absolute Gasteiger partial charge is 0.0897 e. The molecule has 2 aliphatic carbocycles. The van der Waals surface area contributed by atoms with Crippen LogP contribution in [0.15, 0.2) is 0 Å². The van der Waals surface area contributed by atoms with E-state index in [-0.39, 0.29) is 6.61 Å². The molecule has 0 aromatic carbocycles. The quantitative estimate of drug-likeness (QED) is 0.160. The molecule has 2 rings (SSSR count). The fraction of sp³-hybridized carbons (Fsp3) is 1.00. The summed E-state index contributed by atoms with van der Waals surface area (Å²) in [6.45, 7) is 13.5. The summed E-state index contributed by atoms with van der Waals surface area (Å²) >= 11 is 0. The standard InChI is InChI=1S/C32H65N3O2/c1-25(2)29-13-7-27(8-14-29)11-17-31(18-12-28-9-15-30(16-10-28)26(3)4)34-20-6-22-35(21-5-19-33)23-32(37)24-36/h25-32,34,36-37H,5-24,33H2,1-4H3. The maximum Gasteiger partial charge on any atom is 0.0897 e. The van der Waals surface area contributed by atoms with Gasteiger partial charge in [-0.25, -0.2) is 0 Å². The Morgan fingerprint density at radius 1 is 0.784 bits per heavy atom. The maximum absolute atomic E-state index is 9.91. The molecule has 2 aliphatic rings. The average molecular weight is 524 g/mol. The monoisotopic (exact) mass is 524 g/mol. The molecule has 0 aliphatic heterocycles. The van der Waals surface area contributed by atoms with E-state index in [1.54, 1.807) is 0 Å². The second kappa shape index (κ2) is 19.0. The van der Waals surface area contributed by atoms with Gasteiger partial charge in [0.15, 0.2) is 0 Å². The predicted molar refractivity (Wildman–Crippen MR) is 159 cm³/mol. The third kappa shape index (κ3) is 13.6. The van der Waals surface area contributed by atoms with Crippen LogP contribution >= 0.6 is 0 Å². The van der Waals surface area contributed by atoms with Crippen LogP contribution in [0.25, 0.3) is 0 Å². The summed E-state index contributed by atoms with van der Waals surface area (Å²) in [5, 5.41) is 23.1. The van der Waals surface area contributed by atoms with E-state index in [0.29, 0.717) is 19.1 Å². The van der Waals surface area contributed by atoms with E-state index in [0.717, 1.165) is 68.0 Å². The molecular weight excluding hydrogens is 458 g/mol. The minimum absolute atomic E-state index is 0.169. The normalized spacial score (nSPS) is 26.8. The highest BCUT2D eigenvalue weighted by Gasteiger charge is 2.26. The fourth-order valence-electron chi connectivity index (χ4n) is 7.08. The van der Waals surface area contributed by atoms with Gasteiger partial charge in [0.05, 0.1) is 12.7 Å². The first-order valence-corrected chi connectivity index (χ1v) is 16.3. The highest BCUT2D eigenvalue weighted by Crippen LogP contribution is 2.37. The summed E-state index contributed by atoms with van der Waals surface area (Å²) in [5.41, 5.74) is 5.72. The molecule has 0 spiro atoms. The van der Waals surface area contributed by atoms with Crippen molar-refractivity contribution < 1.29 is 10.2 Å². The number of hydrogen-bond donors (Lipinski definition) is 4. The van der Waals surface area contributed by atoms with Gasteiger partial charge in [0.25, 0.3) is 0 Å². The van der Waals surface area contributed by atoms with Crippen molar-refractivity contribution >= 4 is 0 Å². The summed E-state index contributed by atoms with van der Waals surface area (Å²) in [6, 6.07) is 0.645. The lowest BCUT2D eigenvalue weighted by Crippen LogP contribution is -2.38. The average Bonchev–Trinajstić information content (AvgIpc) is 2.90. The lowest BCUT2D eigenvalue weighted by molar-refractivity contribution is 0.0585. The van der Waals surface area contributed by atoms with Crippen LogP contribution in [0.5, 0.6) is 0 Å². The summed E-state index contributed by atoms with van der Waals surface area (Å²) in [5.74, 6) is 5.49. The molecule has 1 atom stereocenters. The van der Waals surface area contributed by atoms with Gasteiger partial charge in [0.2, 0.25) is 0 Å². The number of rotatable bonds is 19. The molecular formula is C32H65N3O2. The topological polar surface area (TPSA) is 81.8 Å². The molecule has 2 fully saturated rings. The van der Waals surface area contributed by atoms with E-state index in [4.69, 9.17) is 5.73 Å². The fourth-order valence-corrected chi connectivity index (χ4v) is 7.08. The van der Waals surface area contributed by atoms with Crippen LogP contribution in [0.4, 0.5) is 0 Å². The van der Waals surface area contributed by atoms with Crippen LogP contribution in [0.1, 0.15) is 118 Å². The van der Waals surface area contributed by atoms with Crippen LogP contribution < -0.4 is 11.1 Å². The molecule has 5 N–H and O–H groups in total. The molecule has 5 heteroatoms. The van der Waals surface area contributed by atoms with Crippen molar-refractivity contribution in [2.45, 2.75) is 130 Å². The third-order valence-corrected chi connectivity index (χ3v) is 9.96. The summed E-state index contributed by atoms with van der Waals surface area (Å²) < 4.78 is 0. The molecule has 0 bridgehead atoms. The zero-order chi connectivity index (χ0) is 27.0. The SMILES string of the molecule is CC(C)C1CCC(CCC(CCC2CCC(C(C)C)CC2)NCCCN(CCCN)CC(O)CO)CC1. The maximum atomic E-state index is 9.91. The van der Waals surface area contributed by atoms with E-state index >= 15 is 0 Å². The van der Waals surface area contributed by atoms with Crippen molar-refractivity contribution in [1.82, 2.24) is 10.2 Å². The Morgan fingerprint density at radius 3 is 1.70 bits per heavy atom. The van der Waals surface area contributed by atoms with E-state index in [1.165, 1.54) is 77.0 Å². The van der Waals surface area contributed by atoms with Crippen molar-refractivity contribution in [3.8, 4) is 0 Å². The number of nitrogens with two attached hydrogens (primary N) is 1. The molecule has 220 valence electrons. The molecule has 0 aromatic rings. The minimum Gasteiger partial charge on any atom is -0.394 e. The van der Waals surface area contributed by atoms with Gasteiger partial charge in [-0.15, -0.1) is 0 Å². The lowest BCUT2D eigenvalue weighted by Gasteiger charge is -2.33. The van der Waals surface area contributed by atoms with Crippen LogP contribution in [-0.2, 0) is 0 Å². The Balaban J connectivity index is 1.79. The molecule has 2 saturated carbocycles. The highest BCUT2D eigenvalue weighted by molar-refractivity contribution is 4.80. The van der Waals surface area contributed by atoms with Gasteiger partial charge in [-0.05, 0) is 126 Å². The van der Waals surface area contributed by atoms with Crippen molar-refractivity contribution in [3.05, 3.63) is 0 Å². The Bertz CT molecular complexity index is 510. The van der Waals surface area contributed by atoms with E-state index in [9.17, 15) is 10.2 Å².